The van der Waals surface area contributed by atoms with E-state index < -0.39 is 0 Å². The third kappa shape index (κ3) is 4.62. The van der Waals surface area contributed by atoms with Crippen LogP contribution in [0.5, 0.6) is 5.75 Å². The quantitative estimate of drug-likeness (QED) is 0.753. The van der Waals surface area contributed by atoms with Gasteiger partial charge in [-0.2, -0.15) is 0 Å². The Balaban J connectivity index is 1.90. The Hall–Kier alpha value is -1.26. The first-order chi connectivity index (χ1) is 10.5. The molecule has 2 rings (SSSR count). The van der Waals surface area contributed by atoms with Crippen LogP contribution in [0.1, 0.15) is 44.1 Å². The van der Waals surface area contributed by atoms with Gasteiger partial charge in [-0.1, -0.05) is 36.9 Å². The van der Waals surface area contributed by atoms with E-state index in [0.29, 0.717) is 17.1 Å². The van der Waals surface area contributed by atoms with Crippen molar-refractivity contribution < 1.29 is 15.0 Å². The van der Waals surface area contributed by atoms with Crippen LogP contribution in [0, 0.1) is 5.41 Å². The minimum absolute atomic E-state index is 0.0431. The molecule has 1 fully saturated rings. The Morgan fingerprint density at radius 1 is 1.27 bits per heavy atom. The number of aliphatic hydroxyl groups is 1. The summed E-state index contributed by atoms with van der Waals surface area (Å²) in [6, 6.07) is 4.64. The van der Waals surface area contributed by atoms with Crippen molar-refractivity contribution in [1.82, 2.24) is 5.32 Å². The number of aromatic hydroxyl groups is 1. The molecule has 22 heavy (non-hydrogen) atoms. The fraction of sp³-hybridized carbons (Fsp3) is 0.588. The summed E-state index contributed by atoms with van der Waals surface area (Å²) in [5.74, 6) is 0.0220. The molecule has 0 atom stereocenters. The highest BCUT2D eigenvalue weighted by Crippen LogP contribution is 2.38. The molecule has 0 spiro atoms. The molecular formula is C17H24ClNO3. The van der Waals surface area contributed by atoms with Crippen LogP contribution in [0.3, 0.4) is 0 Å². The maximum absolute atomic E-state index is 12.1. The summed E-state index contributed by atoms with van der Waals surface area (Å²) in [6.45, 7) is 0.780. The summed E-state index contributed by atoms with van der Waals surface area (Å²) in [6.07, 6.45) is 6.65. The van der Waals surface area contributed by atoms with Gasteiger partial charge in [0, 0.05) is 18.2 Å². The summed E-state index contributed by atoms with van der Waals surface area (Å²) in [5, 5.41) is 22.0. The molecule has 0 unspecified atom stereocenters. The largest absolute Gasteiger partial charge is 0.508 e. The van der Waals surface area contributed by atoms with E-state index in [1.807, 2.05) is 0 Å². The number of phenolic OH excluding ortho intramolecular Hbond substituents is 1. The number of rotatable bonds is 6. The van der Waals surface area contributed by atoms with E-state index in [1.165, 1.54) is 31.4 Å². The van der Waals surface area contributed by atoms with E-state index >= 15 is 0 Å². The van der Waals surface area contributed by atoms with Gasteiger partial charge in [0.15, 0.2) is 0 Å². The monoisotopic (exact) mass is 325 g/mol. The normalized spacial score (nSPS) is 17.2. The molecular weight excluding hydrogens is 302 g/mol. The number of nitrogens with one attached hydrogen (secondary N) is 1. The zero-order valence-electron chi connectivity index (χ0n) is 12.8. The Morgan fingerprint density at radius 3 is 2.64 bits per heavy atom. The summed E-state index contributed by atoms with van der Waals surface area (Å²) in [7, 11) is 0. The van der Waals surface area contributed by atoms with Crippen molar-refractivity contribution in [3.05, 3.63) is 28.8 Å². The molecule has 3 N–H and O–H groups in total. The lowest BCUT2D eigenvalue weighted by Gasteiger charge is -2.37. The number of carbonyl (C=O) groups excluding carboxylic acids is 1. The highest BCUT2D eigenvalue weighted by molar-refractivity contribution is 6.31. The first-order valence-corrected chi connectivity index (χ1v) is 8.27. The van der Waals surface area contributed by atoms with Crippen LogP contribution >= 0.6 is 11.6 Å². The van der Waals surface area contributed by atoms with E-state index in [2.05, 4.69) is 5.32 Å². The zero-order chi connectivity index (χ0) is 16.0. The smallest absolute Gasteiger partial charge is 0.224 e. The van der Waals surface area contributed by atoms with Crippen LogP contribution in [0.2, 0.25) is 5.02 Å². The van der Waals surface area contributed by atoms with Crippen LogP contribution in [0.15, 0.2) is 18.2 Å². The third-order valence-electron chi connectivity index (χ3n) is 4.60. The van der Waals surface area contributed by atoms with Gasteiger partial charge in [-0.05, 0) is 42.4 Å². The molecule has 0 heterocycles. The molecule has 0 saturated heterocycles. The van der Waals surface area contributed by atoms with Crippen molar-refractivity contribution in [3.8, 4) is 5.75 Å². The lowest BCUT2D eigenvalue weighted by atomic mass is 9.72. The number of hydrogen-bond donors (Lipinski definition) is 3. The van der Waals surface area contributed by atoms with Gasteiger partial charge < -0.3 is 15.5 Å². The second kappa shape index (κ2) is 7.84. The predicted molar refractivity (Wildman–Crippen MR) is 87.1 cm³/mol. The van der Waals surface area contributed by atoms with E-state index in [-0.39, 0.29) is 30.1 Å². The molecule has 122 valence electrons. The first kappa shape index (κ1) is 17.1. The van der Waals surface area contributed by atoms with Gasteiger partial charge in [0.25, 0.3) is 0 Å². The molecule has 1 aromatic carbocycles. The summed E-state index contributed by atoms with van der Waals surface area (Å²) < 4.78 is 0. The maximum atomic E-state index is 12.1. The predicted octanol–water partition coefficient (Wildman–Crippen LogP) is 3.04. The van der Waals surface area contributed by atoms with Crippen LogP contribution < -0.4 is 5.32 Å². The Labute approximate surface area is 136 Å². The van der Waals surface area contributed by atoms with Crippen molar-refractivity contribution in [1.29, 1.82) is 0 Å². The second-order valence-corrected chi connectivity index (χ2v) is 6.67. The van der Waals surface area contributed by atoms with Crippen LogP contribution in [-0.2, 0) is 11.2 Å². The van der Waals surface area contributed by atoms with Crippen LogP contribution in [-0.4, -0.2) is 29.3 Å². The van der Waals surface area contributed by atoms with Gasteiger partial charge in [-0.15, -0.1) is 0 Å². The highest BCUT2D eigenvalue weighted by atomic mass is 35.5. The first-order valence-electron chi connectivity index (χ1n) is 7.90. The van der Waals surface area contributed by atoms with Gasteiger partial charge in [0.05, 0.1) is 6.42 Å². The molecule has 1 amide bonds. The van der Waals surface area contributed by atoms with Gasteiger partial charge in [0.1, 0.15) is 5.75 Å². The number of aliphatic hydroxyl groups excluding tert-OH is 1. The molecule has 0 aliphatic heterocycles. The Bertz CT molecular complexity index is 507. The summed E-state index contributed by atoms with van der Waals surface area (Å²) in [4.78, 5) is 12.1. The number of hydrogen-bond acceptors (Lipinski definition) is 3. The second-order valence-electron chi connectivity index (χ2n) is 6.26. The number of amides is 1. The lowest BCUT2D eigenvalue weighted by molar-refractivity contribution is -0.121. The standard InChI is InChI=1S/C17H24ClNO3/c18-15-11-14(21)5-4-13(15)10-16(22)19-12-17(8-9-20)6-2-1-3-7-17/h4-5,11,20-21H,1-3,6-10,12H2,(H,19,22). The molecule has 1 aliphatic carbocycles. The van der Waals surface area contributed by atoms with Crippen molar-refractivity contribution >= 4 is 17.5 Å². The van der Waals surface area contributed by atoms with Gasteiger partial charge in [-0.25, -0.2) is 0 Å². The third-order valence-corrected chi connectivity index (χ3v) is 4.96. The fourth-order valence-electron chi connectivity index (χ4n) is 3.26. The number of phenols is 1. The molecule has 0 bridgehead atoms. The minimum atomic E-state index is -0.0736. The molecule has 4 nitrogen and oxygen atoms in total. The molecule has 1 aromatic rings. The lowest BCUT2D eigenvalue weighted by Crippen LogP contribution is -2.40. The zero-order valence-corrected chi connectivity index (χ0v) is 13.5. The van der Waals surface area contributed by atoms with Crippen LogP contribution in [0.4, 0.5) is 0 Å². The van der Waals surface area contributed by atoms with E-state index in [1.54, 1.807) is 6.07 Å². The van der Waals surface area contributed by atoms with Crippen molar-refractivity contribution in [3.63, 3.8) is 0 Å². The molecule has 0 radical (unpaired) electrons. The van der Waals surface area contributed by atoms with Gasteiger partial charge in [-0.3, -0.25) is 4.79 Å². The average Bonchev–Trinajstić information content (AvgIpc) is 2.50. The number of carbonyl (C=O) groups is 1. The molecule has 5 heteroatoms. The van der Waals surface area contributed by atoms with Gasteiger partial charge >= 0.3 is 0 Å². The maximum Gasteiger partial charge on any atom is 0.224 e. The van der Waals surface area contributed by atoms with Gasteiger partial charge in [0.2, 0.25) is 5.91 Å². The highest BCUT2D eigenvalue weighted by Gasteiger charge is 2.31. The summed E-state index contributed by atoms with van der Waals surface area (Å²) >= 11 is 6.03. The van der Waals surface area contributed by atoms with Crippen molar-refractivity contribution in [2.24, 2.45) is 5.41 Å². The van der Waals surface area contributed by atoms with E-state index in [9.17, 15) is 15.0 Å². The minimum Gasteiger partial charge on any atom is -0.508 e. The molecule has 1 saturated carbocycles. The van der Waals surface area contributed by atoms with Crippen molar-refractivity contribution in [2.45, 2.75) is 44.9 Å². The molecule has 0 aromatic heterocycles. The fourth-order valence-corrected chi connectivity index (χ4v) is 3.50. The van der Waals surface area contributed by atoms with E-state index in [0.717, 1.165) is 19.3 Å². The molecule has 1 aliphatic rings. The number of benzene rings is 1. The van der Waals surface area contributed by atoms with E-state index in [4.69, 9.17) is 11.6 Å². The topological polar surface area (TPSA) is 69.6 Å². The number of halogens is 1. The SMILES string of the molecule is O=C(Cc1ccc(O)cc1Cl)NCC1(CCO)CCCCC1. The summed E-state index contributed by atoms with van der Waals surface area (Å²) in [5.41, 5.74) is 0.748. The van der Waals surface area contributed by atoms with Crippen molar-refractivity contribution in [2.75, 3.05) is 13.2 Å². The Kier molecular flexibility index (Phi) is 6.09. The average molecular weight is 326 g/mol. The van der Waals surface area contributed by atoms with Crippen LogP contribution in [0.25, 0.3) is 0 Å². The Morgan fingerprint density at radius 2 is 2.00 bits per heavy atom.